The van der Waals surface area contributed by atoms with Gasteiger partial charge >= 0.3 is 6.09 Å². The van der Waals surface area contributed by atoms with Gasteiger partial charge in [-0.1, -0.05) is 0 Å². The fraction of sp³-hybridized carbons (Fsp3) is 0.688. The van der Waals surface area contributed by atoms with Gasteiger partial charge in [0.05, 0.1) is 6.26 Å². The molecule has 1 aliphatic rings. The van der Waals surface area contributed by atoms with Crippen LogP contribution in [-0.2, 0) is 11.2 Å². The Morgan fingerprint density at radius 1 is 1.43 bits per heavy atom. The maximum Gasteiger partial charge on any atom is 0.407 e. The molecular formula is C16H26N2O3. The standard InChI is InChI=1S/C16H26N2O3/c1-16(2,3)21-15(19)18-10-5-9-17-13-6-4-7-14-12(13)8-11-20-14/h8,11,13,17H,4-7,9-10H2,1-3H3,(H,18,19). The fourth-order valence-electron chi connectivity index (χ4n) is 2.57. The third-order valence-corrected chi connectivity index (χ3v) is 3.46. The molecular weight excluding hydrogens is 268 g/mol. The van der Waals surface area contributed by atoms with Crippen LogP contribution in [0.25, 0.3) is 0 Å². The molecule has 1 unspecified atom stereocenters. The third kappa shape index (κ3) is 5.08. The van der Waals surface area contributed by atoms with Gasteiger partial charge in [0, 0.05) is 24.6 Å². The van der Waals surface area contributed by atoms with Crippen LogP contribution in [0.15, 0.2) is 16.7 Å². The molecule has 118 valence electrons. The number of furan rings is 1. The van der Waals surface area contributed by atoms with E-state index in [4.69, 9.17) is 9.15 Å². The summed E-state index contributed by atoms with van der Waals surface area (Å²) in [7, 11) is 0. The van der Waals surface area contributed by atoms with E-state index in [-0.39, 0.29) is 6.09 Å². The minimum absolute atomic E-state index is 0.350. The lowest BCUT2D eigenvalue weighted by molar-refractivity contribution is 0.0527. The number of ether oxygens (including phenoxy) is 1. The van der Waals surface area contributed by atoms with Gasteiger partial charge in [-0.05, 0) is 52.6 Å². The molecule has 0 radical (unpaired) electrons. The number of hydrogen-bond donors (Lipinski definition) is 2. The quantitative estimate of drug-likeness (QED) is 0.819. The van der Waals surface area contributed by atoms with Crippen LogP contribution in [0.5, 0.6) is 0 Å². The molecule has 5 heteroatoms. The Kier molecular flexibility index (Phi) is 5.28. The molecule has 0 fully saturated rings. The highest BCUT2D eigenvalue weighted by Crippen LogP contribution is 2.30. The van der Waals surface area contributed by atoms with Crippen molar-refractivity contribution in [2.75, 3.05) is 13.1 Å². The first-order chi connectivity index (χ1) is 9.96. The van der Waals surface area contributed by atoms with Crippen molar-refractivity contribution < 1.29 is 13.9 Å². The van der Waals surface area contributed by atoms with Crippen LogP contribution in [0.1, 0.15) is 57.4 Å². The number of carbonyl (C=O) groups is 1. The molecule has 1 heterocycles. The first-order valence-electron chi connectivity index (χ1n) is 7.72. The molecule has 0 aliphatic heterocycles. The lowest BCUT2D eigenvalue weighted by Crippen LogP contribution is -2.34. The van der Waals surface area contributed by atoms with Crippen molar-refractivity contribution in [2.24, 2.45) is 0 Å². The van der Waals surface area contributed by atoms with Gasteiger partial charge in [-0.2, -0.15) is 0 Å². The number of amides is 1. The number of alkyl carbamates (subject to hydrolysis) is 1. The number of nitrogens with one attached hydrogen (secondary N) is 2. The maximum absolute atomic E-state index is 11.5. The molecule has 21 heavy (non-hydrogen) atoms. The van der Waals surface area contributed by atoms with Crippen molar-refractivity contribution in [1.29, 1.82) is 0 Å². The molecule has 0 saturated carbocycles. The number of hydrogen-bond acceptors (Lipinski definition) is 4. The fourth-order valence-corrected chi connectivity index (χ4v) is 2.57. The van der Waals surface area contributed by atoms with Gasteiger partial charge in [-0.25, -0.2) is 4.79 Å². The highest BCUT2D eigenvalue weighted by atomic mass is 16.6. The Hall–Kier alpha value is -1.49. The van der Waals surface area contributed by atoms with E-state index in [2.05, 4.69) is 16.7 Å². The summed E-state index contributed by atoms with van der Waals surface area (Å²) in [6.45, 7) is 7.07. The van der Waals surface area contributed by atoms with Gasteiger partial charge in [0.15, 0.2) is 0 Å². The number of carbonyl (C=O) groups excluding carboxylic acids is 1. The van der Waals surface area contributed by atoms with Crippen molar-refractivity contribution in [2.45, 2.75) is 58.1 Å². The largest absolute Gasteiger partial charge is 0.469 e. The molecule has 2 rings (SSSR count). The van der Waals surface area contributed by atoms with E-state index in [1.54, 1.807) is 6.26 Å². The highest BCUT2D eigenvalue weighted by Gasteiger charge is 2.21. The summed E-state index contributed by atoms with van der Waals surface area (Å²) in [6.07, 6.45) is 5.65. The summed E-state index contributed by atoms with van der Waals surface area (Å²) < 4.78 is 10.7. The maximum atomic E-state index is 11.5. The zero-order valence-electron chi connectivity index (χ0n) is 13.2. The summed E-state index contributed by atoms with van der Waals surface area (Å²) >= 11 is 0. The Morgan fingerprint density at radius 2 is 2.24 bits per heavy atom. The Morgan fingerprint density at radius 3 is 3.00 bits per heavy atom. The van der Waals surface area contributed by atoms with Gasteiger partial charge in [0.25, 0.3) is 0 Å². The second-order valence-electron chi connectivity index (χ2n) is 6.48. The average Bonchev–Trinajstić information content (AvgIpc) is 2.85. The molecule has 0 spiro atoms. The Balaban J connectivity index is 1.62. The minimum Gasteiger partial charge on any atom is -0.469 e. The highest BCUT2D eigenvalue weighted by molar-refractivity contribution is 5.67. The van der Waals surface area contributed by atoms with Crippen LogP contribution >= 0.6 is 0 Å². The van der Waals surface area contributed by atoms with Crippen LogP contribution in [0.2, 0.25) is 0 Å². The first kappa shape index (κ1) is 15.9. The van der Waals surface area contributed by atoms with E-state index in [1.165, 1.54) is 5.56 Å². The van der Waals surface area contributed by atoms with Crippen LogP contribution < -0.4 is 10.6 Å². The molecule has 1 amide bonds. The van der Waals surface area contributed by atoms with Gasteiger partial charge < -0.3 is 19.8 Å². The van der Waals surface area contributed by atoms with Crippen molar-refractivity contribution in [3.05, 3.63) is 23.7 Å². The van der Waals surface area contributed by atoms with Crippen molar-refractivity contribution in [3.63, 3.8) is 0 Å². The molecule has 1 aromatic rings. The smallest absolute Gasteiger partial charge is 0.407 e. The second kappa shape index (κ2) is 6.98. The lowest BCUT2D eigenvalue weighted by atomic mass is 9.93. The molecule has 0 saturated heterocycles. The van der Waals surface area contributed by atoms with Gasteiger partial charge in [0.2, 0.25) is 0 Å². The van der Waals surface area contributed by atoms with Gasteiger partial charge in [-0.15, -0.1) is 0 Å². The predicted molar refractivity (Wildman–Crippen MR) is 81.2 cm³/mol. The number of rotatable bonds is 5. The van der Waals surface area contributed by atoms with E-state index >= 15 is 0 Å². The number of aryl methyl sites for hydroxylation is 1. The van der Waals surface area contributed by atoms with E-state index in [9.17, 15) is 4.79 Å². The van der Waals surface area contributed by atoms with E-state index in [1.807, 2.05) is 20.8 Å². The molecule has 0 aromatic carbocycles. The minimum atomic E-state index is -0.442. The first-order valence-corrected chi connectivity index (χ1v) is 7.72. The summed E-state index contributed by atoms with van der Waals surface area (Å²) in [5.74, 6) is 1.12. The Bertz CT molecular complexity index is 462. The van der Waals surface area contributed by atoms with Crippen LogP contribution in [0, 0.1) is 0 Å². The summed E-state index contributed by atoms with van der Waals surface area (Å²) in [6, 6.07) is 2.44. The molecule has 1 aromatic heterocycles. The zero-order valence-corrected chi connectivity index (χ0v) is 13.2. The van der Waals surface area contributed by atoms with E-state index in [0.717, 1.165) is 38.0 Å². The monoisotopic (exact) mass is 294 g/mol. The predicted octanol–water partition coefficient (Wildman–Crippen LogP) is 3.16. The SMILES string of the molecule is CC(C)(C)OC(=O)NCCCNC1CCCc2occc21. The molecule has 0 bridgehead atoms. The second-order valence-corrected chi connectivity index (χ2v) is 6.48. The summed E-state index contributed by atoms with van der Waals surface area (Å²) in [4.78, 5) is 11.5. The van der Waals surface area contributed by atoms with Crippen LogP contribution in [-0.4, -0.2) is 24.8 Å². The molecule has 1 aliphatic carbocycles. The van der Waals surface area contributed by atoms with E-state index < -0.39 is 5.60 Å². The molecule has 1 atom stereocenters. The zero-order chi connectivity index (χ0) is 15.3. The van der Waals surface area contributed by atoms with Crippen LogP contribution in [0.4, 0.5) is 4.79 Å². The number of fused-ring (bicyclic) bond motifs is 1. The average molecular weight is 294 g/mol. The van der Waals surface area contributed by atoms with E-state index in [0.29, 0.717) is 12.6 Å². The third-order valence-electron chi connectivity index (χ3n) is 3.46. The van der Waals surface area contributed by atoms with Crippen molar-refractivity contribution in [1.82, 2.24) is 10.6 Å². The molecule has 2 N–H and O–H groups in total. The lowest BCUT2D eigenvalue weighted by Gasteiger charge is -2.23. The van der Waals surface area contributed by atoms with Gasteiger partial charge in [-0.3, -0.25) is 0 Å². The van der Waals surface area contributed by atoms with Crippen molar-refractivity contribution in [3.8, 4) is 0 Å². The normalized spacial score (nSPS) is 18.1. The molecule has 5 nitrogen and oxygen atoms in total. The summed E-state index contributed by atoms with van der Waals surface area (Å²) in [5.41, 5.74) is 0.851. The van der Waals surface area contributed by atoms with Crippen LogP contribution in [0.3, 0.4) is 0 Å². The van der Waals surface area contributed by atoms with Gasteiger partial charge in [0.1, 0.15) is 11.4 Å². The topological polar surface area (TPSA) is 63.5 Å². The van der Waals surface area contributed by atoms with Crippen molar-refractivity contribution >= 4 is 6.09 Å². The summed E-state index contributed by atoms with van der Waals surface area (Å²) in [5, 5.41) is 6.31. The Labute approximate surface area is 126 Å².